The van der Waals surface area contributed by atoms with Gasteiger partial charge in [0, 0.05) is 22.9 Å². The quantitative estimate of drug-likeness (QED) is 0.0817. The average Bonchev–Trinajstić information content (AvgIpc) is 3.93. The molecule has 62 heavy (non-hydrogen) atoms. The van der Waals surface area contributed by atoms with Gasteiger partial charge in [0.1, 0.15) is 18.6 Å². The lowest BCUT2D eigenvalue weighted by Crippen LogP contribution is -2.25. The highest BCUT2D eigenvalue weighted by molar-refractivity contribution is 7.09. The highest BCUT2D eigenvalue weighted by Gasteiger charge is 2.21. The van der Waals surface area contributed by atoms with Gasteiger partial charge in [0.2, 0.25) is 0 Å². The Kier molecular flexibility index (Phi) is 28.7. The van der Waals surface area contributed by atoms with E-state index in [1.165, 1.54) is 36.0 Å². The zero-order chi connectivity index (χ0) is 47.5. The molecule has 2 heterocycles. The number of oxime groups is 1. The molecule has 0 fully saturated rings. The predicted octanol–water partition coefficient (Wildman–Crippen LogP) is 14.3. The molecule has 5 rings (SSSR count). The largest absolute Gasteiger partial charge is 0.508 e. The van der Waals surface area contributed by atoms with E-state index >= 15 is 0 Å². The summed E-state index contributed by atoms with van der Waals surface area (Å²) in [4.78, 5) is 6.22. The molecule has 346 valence electrons. The monoisotopic (exact) mass is 872 g/mol. The summed E-state index contributed by atoms with van der Waals surface area (Å²) in [6, 6.07) is 36.1. The minimum absolute atomic E-state index is 0.0556. The third-order valence-corrected chi connectivity index (χ3v) is 10.4. The van der Waals surface area contributed by atoms with Gasteiger partial charge >= 0.3 is 0 Å². The Bertz CT molecular complexity index is 1790. The van der Waals surface area contributed by atoms with Gasteiger partial charge in [-0.15, -0.1) is 11.3 Å². The van der Waals surface area contributed by atoms with Crippen LogP contribution in [0, 0.1) is 34.5 Å². The first-order valence-electron chi connectivity index (χ1n) is 22.1. The standard InChI is InChI=1S/C11H17N.C10H15NO.C10H14.C9H13NO2.C8H12S.C6H14O/c1-11(2,3)10(12)9-7-5-4-6-8-9;1-7(2)10(11)8-3-5-9(12)6-4-8;1-9(2)8-10-6-4-3-5-7-10;1-7(2)9(10-11-3)8-5-4-6-12-8;1-7(2)6-8-4-3-5-9-8;1-5(7)6(2,3)4/h4-8,10H,12H2,1-3H3;3-7,10,12H,11H2,1-2H3;3-7,9H,8H2,1-2H3;4-7H,1-3H3;3-5,7H,6H2,1-2H3;5,7H,1-4H3/b;;;10-9+;;/t2*10-;;;;5-/m10...1/s1. The maximum Gasteiger partial charge on any atom is 0.151 e. The molecular weight excluding hydrogens is 787 g/mol. The summed E-state index contributed by atoms with van der Waals surface area (Å²) < 4.78 is 5.20. The summed E-state index contributed by atoms with van der Waals surface area (Å²) in [6.45, 7) is 31.5. The fourth-order valence-electron chi connectivity index (χ4n) is 5.12. The van der Waals surface area contributed by atoms with E-state index in [1.54, 1.807) is 25.3 Å². The van der Waals surface area contributed by atoms with Crippen LogP contribution in [-0.2, 0) is 17.7 Å². The smallest absolute Gasteiger partial charge is 0.151 e. The molecule has 3 aromatic carbocycles. The van der Waals surface area contributed by atoms with Gasteiger partial charge in [0.25, 0.3) is 0 Å². The summed E-state index contributed by atoms with van der Waals surface area (Å²) in [7, 11) is 1.53. The van der Waals surface area contributed by atoms with Crippen LogP contribution >= 0.6 is 11.3 Å². The first-order chi connectivity index (χ1) is 28.9. The van der Waals surface area contributed by atoms with Gasteiger partial charge in [0.15, 0.2) is 5.76 Å². The van der Waals surface area contributed by atoms with Crippen molar-refractivity contribution < 1.29 is 19.5 Å². The van der Waals surface area contributed by atoms with E-state index in [4.69, 9.17) is 30.9 Å². The van der Waals surface area contributed by atoms with Crippen molar-refractivity contribution in [3.63, 3.8) is 0 Å². The average molecular weight is 872 g/mol. The van der Waals surface area contributed by atoms with Crippen molar-refractivity contribution in [1.82, 2.24) is 0 Å². The zero-order valence-corrected chi connectivity index (χ0v) is 42.0. The van der Waals surface area contributed by atoms with Gasteiger partial charge in [0.05, 0.1) is 12.4 Å². The summed E-state index contributed by atoms with van der Waals surface area (Å²) in [5.74, 6) is 3.35. The molecule has 0 spiro atoms. The van der Waals surface area contributed by atoms with Crippen LogP contribution in [0.1, 0.15) is 143 Å². The first-order valence-corrected chi connectivity index (χ1v) is 23.0. The molecule has 0 saturated carbocycles. The van der Waals surface area contributed by atoms with Crippen LogP contribution < -0.4 is 11.5 Å². The van der Waals surface area contributed by atoms with E-state index in [-0.39, 0.29) is 34.8 Å². The van der Waals surface area contributed by atoms with Crippen molar-refractivity contribution in [2.45, 2.75) is 135 Å². The molecule has 0 aliphatic rings. The molecule has 0 aliphatic carbocycles. The molecule has 0 bridgehead atoms. The van der Waals surface area contributed by atoms with Gasteiger partial charge in [-0.25, -0.2) is 0 Å². The fourth-order valence-corrected chi connectivity index (χ4v) is 6.03. The molecule has 0 radical (unpaired) electrons. The summed E-state index contributed by atoms with van der Waals surface area (Å²) in [6.07, 6.45) is 3.86. The predicted molar refractivity (Wildman–Crippen MR) is 269 cm³/mol. The van der Waals surface area contributed by atoms with E-state index in [1.807, 2.05) is 88.4 Å². The maximum absolute atomic E-state index is 9.04. The Hall–Kier alpha value is -4.21. The van der Waals surface area contributed by atoms with E-state index in [0.29, 0.717) is 11.8 Å². The van der Waals surface area contributed by atoms with Crippen LogP contribution in [0.3, 0.4) is 0 Å². The number of furan rings is 1. The minimum Gasteiger partial charge on any atom is -0.508 e. The topological polar surface area (TPSA) is 127 Å². The van der Waals surface area contributed by atoms with Gasteiger partial charge in [-0.1, -0.05) is 181 Å². The molecule has 0 aliphatic heterocycles. The van der Waals surface area contributed by atoms with E-state index in [9.17, 15) is 0 Å². The highest BCUT2D eigenvalue weighted by Crippen LogP contribution is 2.30. The van der Waals surface area contributed by atoms with E-state index in [2.05, 4.69) is 127 Å². The Labute approximate surface area is 382 Å². The lowest BCUT2D eigenvalue weighted by Gasteiger charge is -2.27. The molecule has 2 aromatic heterocycles. The molecule has 0 amide bonds. The number of aromatic hydroxyl groups is 1. The molecular formula is C54H85N3O4S. The van der Waals surface area contributed by atoms with Crippen LogP contribution in [0.25, 0.3) is 0 Å². The number of rotatable bonds is 10. The molecule has 5 aromatic rings. The maximum atomic E-state index is 9.04. The first kappa shape index (κ1) is 57.8. The van der Waals surface area contributed by atoms with Crippen molar-refractivity contribution in [2.24, 2.45) is 51.1 Å². The summed E-state index contributed by atoms with van der Waals surface area (Å²) in [5.41, 5.74) is 16.7. The molecule has 3 atom stereocenters. The second kappa shape index (κ2) is 30.8. The molecule has 6 N–H and O–H groups in total. The number of phenolic OH excluding ortho intramolecular Hbond substituents is 1. The molecule has 0 saturated heterocycles. The number of thiophene rings is 1. The van der Waals surface area contributed by atoms with Crippen LogP contribution in [0.15, 0.2) is 130 Å². The number of nitrogens with zero attached hydrogens (tertiary/aromatic N) is 1. The third kappa shape index (κ3) is 27.0. The zero-order valence-electron chi connectivity index (χ0n) is 41.2. The molecule has 8 heteroatoms. The van der Waals surface area contributed by atoms with Crippen molar-refractivity contribution in [1.29, 1.82) is 0 Å². The number of nitrogens with two attached hydrogens (primary N) is 2. The number of aliphatic hydroxyl groups is 1. The molecule has 0 unspecified atom stereocenters. The lowest BCUT2D eigenvalue weighted by atomic mass is 9.83. The van der Waals surface area contributed by atoms with Crippen molar-refractivity contribution in [2.75, 3.05) is 7.11 Å². The number of benzene rings is 3. The Morgan fingerprint density at radius 1 is 0.661 bits per heavy atom. The van der Waals surface area contributed by atoms with E-state index in [0.717, 1.165) is 28.9 Å². The van der Waals surface area contributed by atoms with Crippen molar-refractivity contribution in [3.8, 4) is 5.75 Å². The SMILES string of the molecule is CC(C)(C)[C@H](N)c1ccccc1.CC(C)Cc1ccccc1.CC(C)Cc1cccs1.CC(C)[C@H](N)c1ccc(O)cc1.CO/N=C(/c1ccco1)C(C)C.C[C@@H](O)C(C)(C)C. The fraction of sp³-hybridized carbons (Fsp3) is 0.500. The van der Waals surface area contributed by atoms with Crippen LogP contribution in [0.4, 0.5) is 0 Å². The Balaban J connectivity index is 0.000000727. The van der Waals surface area contributed by atoms with Gasteiger partial charge in [-0.2, -0.15) is 0 Å². The highest BCUT2D eigenvalue weighted by atomic mass is 32.1. The summed E-state index contributed by atoms with van der Waals surface area (Å²) in [5, 5.41) is 24.0. The number of hydrogen-bond donors (Lipinski definition) is 4. The number of hydrogen-bond acceptors (Lipinski definition) is 8. The number of aliphatic hydroxyl groups excluding tert-OH is 1. The minimum atomic E-state index is -0.201. The van der Waals surface area contributed by atoms with Crippen molar-refractivity contribution in [3.05, 3.63) is 148 Å². The van der Waals surface area contributed by atoms with Crippen molar-refractivity contribution >= 4 is 17.0 Å². The number of phenols is 1. The Morgan fingerprint density at radius 3 is 1.55 bits per heavy atom. The summed E-state index contributed by atoms with van der Waals surface area (Å²) >= 11 is 1.85. The third-order valence-electron chi connectivity index (χ3n) is 9.53. The van der Waals surface area contributed by atoms with Crippen LogP contribution in [0.5, 0.6) is 5.75 Å². The van der Waals surface area contributed by atoms with Crippen LogP contribution in [-0.4, -0.2) is 29.1 Å². The normalized spacial score (nSPS) is 12.8. The van der Waals surface area contributed by atoms with Gasteiger partial charge < -0.3 is 30.9 Å². The lowest BCUT2D eigenvalue weighted by molar-refractivity contribution is 0.0801. The molecule has 7 nitrogen and oxygen atoms in total. The van der Waals surface area contributed by atoms with Gasteiger partial charge in [-0.05, 0) is 101 Å². The van der Waals surface area contributed by atoms with E-state index < -0.39 is 0 Å². The Morgan fingerprint density at radius 2 is 1.18 bits per heavy atom. The second-order valence-electron chi connectivity index (χ2n) is 19.2. The van der Waals surface area contributed by atoms with Gasteiger partial charge in [-0.3, -0.25) is 0 Å². The second-order valence-corrected chi connectivity index (χ2v) is 20.2. The van der Waals surface area contributed by atoms with Crippen LogP contribution in [0.2, 0.25) is 0 Å².